The third-order valence-electron chi connectivity index (χ3n) is 2.31. The Balaban J connectivity index is 2.79. The van der Waals surface area contributed by atoms with Crippen LogP contribution in [0.5, 0.6) is 0 Å². The van der Waals surface area contributed by atoms with Gasteiger partial charge in [-0.1, -0.05) is 30.9 Å². The molecule has 0 fully saturated rings. The molecule has 0 amide bonds. The van der Waals surface area contributed by atoms with Gasteiger partial charge in [0.25, 0.3) is 0 Å². The van der Waals surface area contributed by atoms with Crippen LogP contribution in [0.3, 0.4) is 0 Å². The van der Waals surface area contributed by atoms with Gasteiger partial charge in [0.15, 0.2) is 0 Å². The summed E-state index contributed by atoms with van der Waals surface area (Å²) in [6.45, 7) is 1.50. The Morgan fingerprint density at radius 3 is 2.50 bits per heavy atom. The van der Waals surface area contributed by atoms with Gasteiger partial charge in [0.05, 0.1) is 17.9 Å². The number of benzene rings is 1. The van der Waals surface area contributed by atoms with Gasteiger partial charge in [0.2, 0.25) is 10.0 Å². The quantitative estimate of drug-likeness (QED) is 0.868. The molecule has 0 saturated heterocycles. The Hall–Kier alpha value is -1.52. The molecule has 0 aliphatic rings. The minimum absolute atomic E-state index is 0.0339. The SMILES string of the molecule is CCCS(=O)(=O)NCC#Cc1ccccc1C(F)(F)F. The normalized spacial score (nSPS) is 11.8. The van der Waals surface area contributed by atoms with E-state index >= 15 is 0 Å². The molecule has 0 radical (unpaired) electrons. The minimum Gasteiger partial charge on any atom is -0.212 e. The molecular weight excluding hydrogens is 291 g/mol. The summed E-state index contributed by atoms with van der Waals surface area (Å²) in [5.41, 5.74) is -1.00. The smallest absolute Gasteiger partial charge is 0.212 e. The maximum Gasteiger partial charge on any atom is 0.417 e. The van der Waals surface area contributed by atoms with Crippen LogP contribution in [-0.4, -0.2) is 20.7 Å². The van der Waals surface area contributed by atoms with Crippen molar-refractivity contribution in [2.45, 2.75) is 19.5 Å². The van der Waals surface area contributed by atoms with E-state index < -0.39 is 21.8 Å². The van der Waals surface area contributed by atoms with Crippen LogP contribution in [0.2, 0.25) is 0 Å². The molecule has 110 valence electrons. The summed E-state index contributed by atoms with van der Waals surface area (Å²) in [5.74, 6) is 4.69. The summed E-state index contributed by atoms with van der Waals surface area (Å²) in [4.78, 5) is 0. The Morgan fingerprint density at radius 2 is 1.90 bits per heavy atom. The maximum absolute atomic E-state index is 12.7. The van der Waals surface area contributed by atoms with Gasteiger partial charge in [-0.3, -0.25) is 0 Å². The average molecular weight is 305 g/mol. The second-order valence-electron chi connectivity index (χ2n) is 3.99. The first-order chi connectivity index (χ1) is 9.26. The Labute approximate surface area is 116 Å². The highest BCUT2D eigenvalue weighted by molar-refractivity contribution is 7.89. The van der Waals surface area contributed by atoms with Crippen molar-refractivity contribution in [3.63, 3.8) is 0 Å². The van der Waals surface area contributed by atoms with E-state index in [9.17, 15) is 21.6 Å². The van der Waals surface area contributed by atoms with Crippen LogP contribution in [0.15, 0.2) is 24.3 Å². The molecule has 0 heterocycles. The zero-order chi connectivity index (χ0) is 15.2. The molecule has 0 aliphatic carbocycles. The summed E-state index contributed by atoms with van der Waals surface area (Å²) in [6, 6.07) is 4.90. The van der Waals surface area contributed by atoms with E-state index in [4.69, 9.17) is 0 Å². The van der Waals surface area contributed by atoms with Gasteiger partial charge in [0, 0.05) is 5.56 Å². The van der Waals surface area contributed by atoms with Crippen LogP contribution in [0.4, 0.5) is 13.2 Å². The van der Waals surface area contributed by atoms with Crippen molar-refractivity contribution < 1.29 is 21.6 Å². The first-order valence-electron chi connectivity index (χ1n) is 5.88. The van der Waals surface area contributed by atoms with Gasteiger partial charge in [-0.15, -0.1) is 0 Å². The summed E-state index contributed by atoms with van der Waals surface area (Å²) in [6.07, 6.45) is -4.02. The van der Waals surface area contributed by atoms with Crippen LogP contribution in [0, 0.1) is 11.8 Å². The molecule has 1 aromatic carbocycles. The molecule has 0 unspecified atom stereocenters. The van der Waals surface area contributed by atoms with Gasteiger partial charge in [-0.2, -0.15) is 13.2 Å². The predicted molar refractivity (Wildman–Crippen MR) is 70.4 cm³/mol. The fourth-order valence-electron chi connectivity index (χ4n) is 1.47. The van der Waals surface area contributed by atoms with Crippen LogP contribution < -0.4 is 4.72 Å². The lowest BCUT2D eigenvalue weighted by Crippen LogP contribution is -2.26. The first kappa shape index (κ1) is 16.5. The molecule has 3 nitrogen and oxygen atoms in total. The zero-order valence-electron chi connectivity index (χ0n) is 10.8. The van der Waals surface area contributed by atoms with Crippen LogP contribution in [-0.2, 0) is 16.2 Å². The van der Waals surface area contributed by atoms with E-state index in [1.54, 1.807) is 6.92 Å². The predicted octanol–water partition coefficient (Wildman–Crippen LogP) is 2.39. The molecule has 1 aromatic rings. The van der Waals surface area contributed by atoms with Gasteiger partial charge < -0.3 is 0 Å². The van der Waals surface area contributed by atoms with Crippen molar-refractivity contribution in [1.82, 2.24) is 4.72 Å². The second kappa shape index (κ2) is 6.77. The largest absolute Gasteiger partial charge is 0.417 e. The van der Waals surface area contributed by atoms with Crippen LogP contribution >= 0.6 is 0 Å². The maximum atomic E-state index is 12.7. The molecule has 1 N–H and O–H groups in total. The van der Waals surface area contributed by atoms with E-state index in [2.05, 4.69) is 16.6 Å². The Kier molecular flexibility index (Phi) is 5.60. The van der Waals surface area contributed by atoms with E-state index in [0.717, 1.165) is 6.07 Å². The van der Waals surface area contributed by atoms with Crippen molar-refractivity contribution in [3.05, 3.63) is 35.4 Å². The number of halogens is 3. The van der Waals surface area contributed by atoms with Crippen LogP contribution in [0.1, 0.15) is 24.5 Å². The zero-order valence-corrected chi connectivity index (χ0v) is 11.6. The van der Waals surface area contributed by atoms with Crippen molar-refractivity contribution >= 4 is 10.0 Å². The Morgan fingerprint density at radius 1 is 1.25 bits per heavy atom. The van der Waals surface area contributed by atoms with Gasteiger partial charge in [0.1, 0.15) is 0 Å². The van der Waals surface area contributed by atoms with Crippen LogP contribution in [0.25, 0.3) is 0 Å². The fourth-order valence-corrected chi connectivity index (χ4v) is 2.44. The van der Waals surface area contributed by atoms with Gasteiger partial charge >= 0.3 is 6.18 Å². The van der Waals surface area contributed by atoms with Crippen molar-refractivity contribution in [2.24, 2.45) is 0 Å². The lowest BCUT2D eigenvalue weighted by atomic mass is 10.1. The number of hydrogen-bond donors (Lipinski definition) is 1. The van der Waals surface area contributed by atoms with E-state index in [0.29, 0.717) is 6.42 Å². The number of sulfonamides is 1. The Bertz CT molecular complexity index is 612. The summed E-state index contributed by atoms with van der Waals surface area (Å²) in [5, 5.41) is 0. The molecular formula is C13H14F3NO2S. The first-order valence-corrected chi connectivity index (χ1v) is 7.54. The molecule has 0 atom stereocenters. The van der Waals surface area contributed by atoms with Gasteiger partial charge in [-0.05, 0) is 18.6 Å². The molecule has 1 rings (SSSR count). The highest BCUT2D eigenvalue weighted by Gasteiger charge is 2.32. The number of alkyl halides is 3. The number of nitrogens with one attached hydrogen (secondary N) is 1. The fraction of sp³-hybridized carbons (Fsp3) is 0.385. The number of hydrogen-bond acceptors (Lipinski definition) is 2. The highest BCUT2D eigenvalue weighted by atomic mass is 32.2. The molecule has 7 heteroatoms. The molecule has 0 bridgehead atoms. The lowest BCUT2D eigenvalue weighted by Gasteiger charge is -2.08. The molecule has 20 heavy (non-hydrogen) atoms. The van der Waals surface area contributed by atoms with Crippen molar-refractivity contribution in [3.8, 4) is 11.8 Å². The molecule has 0 aromatic heterocycles. The summed E-state index contributed by atoms with van der Waals surface area (Å²) < 4.78 is 62.8. The third kappa shape index (κ3) is 5.23. The average Bonchev–Trinajstić information content (AvgIpc) is 2.34. The highest BCUT2D eigenvalue weighted by Crippen LogP contribution is 2.31. The molecule has 0 aliphatic heterocycles. The van der Waals surface area contributed by atoms with E-state index in [1.807, 2.05) is 0 Å². The van der Waals surface area contributed by atoms with Crippen molar-refractivity contribution in [1.29, 1.82) is 0 Å². The summed E-state index contributed by atoms with van der Waals surface area (Å²) in [7, 11) is -3.40. The lowest BCUT2D eigenvalue weighted by molar-refractivity contribution is -0.137. The third-order valence-corrected chi connectivity index (χ3v) is 3.84. The van der Waals surface area contributed by atoms with Gasteiger partial charge in [-0.25, -0.2) is 13.1 Å². The standard InChI is InChI=1S/C13H14F3NO2S/c1-2-10-20(18,19)17-9-5-7-11-6-3-4-8-12(11)13(14,15)16/h3-4,6,8,17H,2,9-10H2,1H3. The van der Waals surface area contributed by atoms with Crippen molar-refractivity contribution in [2.75, 3.05) is 12.3 Å². The van der Waals surface area contributed by atoms with E-state index in [1.165, 1.54) is 18.2 Å². The monoisotopic (exact) mass is 305 g/mol. The topological polar surface area (TPSA) is 46.2 Å². The minimum atomic E-state index is -4.48. The number of rotatable bonds is 4. The van der Waals surface area contributed by atoms with E-state index in [-0.39, 0.29) is 17.9 Å². The second-order valence-corrected chi connectivity index (χ2v) is 5.91. The molecule has 0 saturated carbocycles. The summed E-state index contributed by atoms with van der Waals surface area (Å²) >= 11 is 0. The molecule has 0 spiro atoms.